The van der Waals surface area contributed by atoms with Crippen molar-refractivity contribution in [2.24, 2.45) is 0 Å². The van der Waals surface area contributed by atoms with Crippen molar-refractivity contribution in [1.82, 2.24) is 24.8 Å². The van der Waals surface area contributed by atoms with E-state index < -0.39 is 0 Å². The van der Waals surface area contributed by atoms with E-state index in [2.05, 4.69) is 15.2 Å². The predicted octanol–water partition coefficient (Wildman–Crippen LogP) is 2.03. The molecule has 132 valence electrons. The molecule has 0 saturated carbocycles. The highest BCUT2D eigenvalue weighted by molar-refractivity contribution is 5.93. The quantitative estimate of drug-likeness (QED) is 0.837. The van der Waals surface area contributed by atoms with Gasteiger partial charge in [-0.15, -0.1) is 5.10 Å². The SMILES string of the molecule is Cc1c(C(=O)N2CCN3CCCC[C@H]3C2)nnn1-c1ccc(F)cc1. The van der Waals surface area contributed by atoms with Gasteiger partial charge in [-0.1, -0.05) is 11.6 Å². The molecule has 0 N–H and O–H groups in total. The molecule has 1 atom stereocenters. The van der Waals surface area contributed by atoms with Crippen molar-refractivity contribution in [2.45, 2.75) is 32.2 Å². The fraction of sp³-hybridized carbons (Fsp3) is 0.500. The molecule has 1 aromatic heterocycles. The van der Waals surface area contributed by atoms with E-state index in [1.54, 1.807) is 16.8 Å². The highest BCUT2D eigenvalue weighted by Crippen LogP contribution is 2.22. The van der Waals surface area contributed by atoms with Crippen LogP contribution in [0.25, 0.3) is 5.69 Å². The van der Waals surface area contributed by atoms with Crippen molar-refractivity contribution in [3.8, 4) is 5.69 Å². The van der Waals surface area contributed by atoms with Crippen molar-refractivity contribution in [3.63, 3.8) is 0 Å². The minimum absolute atomic E-state index is 0.0592. The molecule has 1 aromatic carbocycles. The zero-order valence-electron chi connectivity index (χ0n) is 14.4. The van der Waals surface area contributed by atoms with Gasteiger partial charge < -0.3 is 4.90 Å². The largest absolute Gasteiger partial charge is 0.334 e. The van der Waals surface area contributed by atoms with Crippen molar-refractivity contribution in [3.05, 3.63) is 41.5 Å². The molecule has 0 spiro atoms. The Balaban J connectivity index is 1.54. The number of fused-ring (bicyclic) bond motifs is 1. The molecule has 1 amide bonds. The Labute approximate surface area is 146 Å². The lowest BCUT2D eigenvalue weighted by Crippen LogP contribution is -2.56. The van der Waals surface area contributed by atoms with E-state index >= 15 is 0 Å². The smallest absolute Gasteiger partial charge is 0.276 e. The van der Waals surface area contributed by atoms with Gasteiger partial charge in [-0.3, -0.25) is 9.69 Å². The van der Waals surface area contributed by atoms with E-state index in [0.29, 0.717) is 23.1 Å². The van der Waals surface area contributed by atoms with Crippen molar-refractivity contribution in [1.29, 1.82) is 0 Å². The molecular formula is C18H22FN5O. The minimum Gasteiger partial charge on any atom is -0.334 e. The molecule has 0 aliphatic carbocycles. The molecule has 7 heteroatoms. The van der Waals surface area contributed by atoms with E-state index in [1.165, 1.54) is 25.0 Å². The van der Waals surface area contributed by atoms with Gasteiger partial charge in [0.1, 0.15) is 5.82 Å². The van der Waals surface area contributed by atoms with Crippen LogP contribution in [0.4, 0.5) is 4.39 Å². The van der Waals surface area contributed by atoms with Gasteiger partial charge in [0.2, 0.25) is 0 Å². The first-order valence-electron chi connectivity index (χ1n) is 8.85. The van der Waals surface area contributed by atoms with Gasteiger partial charge in [0, 0.05) is 25.7 Å². The van der Waals surface area contributed by atoms with Crippen LogP contribution in [0.5, 0.6) is 0 Å². The highest BCUT2D eigenvalue weighted by atomic mass is 19.1. The lowest BCUT2D eigenvalue weighted by molar-refractivity contribution is 0.0367. The van der Waals surface area contributed by atoms with Crippen LogP contribution in [0.15, 0.2) is 24.3 Å². The molecule has 2 aliphatic heterocycles. The van der Waals surface area contributed by atoms with Gasteiger partial charge in [0.15, 0.2) is 5.69 Å². The maximum absolute atomic E-state index is 13.1. The van der Waals surface area contributed by atoms with Gasteiger partial charge in [0.25, 0.3) is 5.91 Å². The molecule has 2 aliphatic rings. The lowest BCUT2D eigenvalue weighted by Gasteiger charge is -2.43. The van der Waals surface area contributed by atoms with Crippen molar-refractivity contribution >= 4 is 5.91 Å². The standard InChI is InChI=1S/C18H22FN5O/c1-13-17(20-21-24(13)15-7-5-14(19)6-8-15)18(25)23-11-10-22-9-3-2-4-16(22)12-23/h5-8,16H,2-4,9-12H2,1H3/t16-/m0/s1. The Hall–Kier alpha value is -2.28. The summed E-state index contributed by atoms with van der Waals surface area (Å²) < 4.78 is 14.7. The second-order valence-electron chi connectivity index (χ2n) is 6.85. The third kappa shape index (κ3) is 3.04. The second kappa shape index (κ2) is 6.55. The van der Waals surface area contributed by atoms with Gasteiger partial charge in [-0.05, 0) is 50.6 Å². The van der Waals surface area contributed by atoms with Crippen LogP contribution >= 0.6 is 0 Å². The zero-order valence-corrected chi connectivity index (χ0v) is 14.4. The molecule has 25 heavy (non-hydrogen) atoms. The van der Waals surface area contributed by atoms with Gasteiger partial charge in [0.05, 0.1) is 11.4 Å². The zero-order chi connectivity index (χ0) is 17.4. The normalized spacial score (nSPS) is 21.2. The lowest BCUT2D eigenvalue weighted by atomic mass is 9.99. The molecule has 2 saturated heterocycles. The fourth-order valence-electron chi connectivity index (χ4n) is 3.84. The minimum atomic E-state index is -0.303. The van der Waals surface area contributed by atoms with Crippen molar-refractivity contribution in [2.75, 3.05) is 26.2 Å². The summed E-state index contributed by atoms with van der Waals surface area (Å²) >= 11 is 0. The second-order valence-corrected chi connectivity index (χ2v) is 6.85. The first-order chi connectivity index (χ1) is 12.1. The van der Waals surface area contributed by atoms with Gasteiger partial charge in [-0.2, -0.15) is 0 Å². The van der Waals surface area contributed by atoms with Crippen LogP contribution in [0, 0.1) is 12.7 Å². The topological polar surface area (TPSA) is 54.3 Å². The number of halogens is 1. The number of rotatable bonds is 2. The van der Waals surface area contributed by atoms with E-state index in [9.17, 15) is 9.18 Å². The molecule has 0 radical (unpaired) electrons. The molecule has 2 fully saturated rings. The summed E-state index contributed by atoms with van der Waals surface area (Å²) in [4.78, 5) is 17.3. The summed E-state index contributed by atoms with van der Waals surface area (Å²) in [5, 5.41) is 8.21. The number of carbonyl (C=O) groups excluding carboxylic acids is 1. The monoisotopic (exact) mass is 343 g/mol. The maximum Gasteiger partial charge on any atom is 0.276 e. The maximum atomic E-state index is 13.1. The molecule has 6 nitrogen and oxygen atoms in total. The summed E-state index contributed by atoms with van der Waals surface area (Å²) in [6.07, 6.45) is 3.66. The number of benzene rings is 1. The van der Waals surface area contributed by atoms with E-state index in [0.717, 1.165) is 32.6 Å². The number of piperazine rings is 1. The van der Waals surface area contributed by atoms with Crippen LogP contribution in [0.3, 0.4) is 0 Å². The average molecular weight is 343 g/mol. The number of hydrogen-bond acceptors (Lipinski definition) is 4. The number of aromatic nitrogens is 3. The summed E-state index contributed by atoms with van der Waals surface area (Å²) in [5.41, 5.74) is 1.76. The number of carbonyl (C=O) groups is 1. The molecule has 2 aromatic rings. The van der Waals surface area contributed by atoms with E-state index in [1.807, 2.05) is 11.8 Å². The van der Waals surface area contributed by atoms with E-state index in [4.69, 9.17) is 0 Å². The third-order valence-corrected chi connectivity index (χ3v) is 5.29. The number of hydrogen-bond donors (Lipinski definition) is 0. The Morgan fingerprint density at radius 3 is 2.76 bits per heavy atom. The molecule has 0 unspecified atom stereocenters. The summed E-state index contributed by atoms with van der Waals surface area (Å²) in [5.74, 6) is -0.362. The van der Waals surface area contributed by atoms with Gasteiger partial charge >= 0.3 is 0 Å². The summed E-state index contributed by atoms with van der Waals surface area (Å²) in [6.45, 7) is 5.40. The first kappa shape index (κ1) is 16.2. The number of nitrogens with zero attached hydrogens (tertiary/aromatic N) is 5. The fourth-order valence-corrected chi connectivity index (χ4v) is 3.84. The van der Waals surface area contributed by atoms with E-state index in [-0.39, 0.29) is 11.7 Å². The van der Waals surface area contributed by atoms with Crippen LogP contribution in [0.1, 0.15) is 35.4 Å². The van der Waals surface area contributed by atoms with Crippen LogP contribution < -0.4 is 0 Å². The number of amides is 1. The Bertz CT molecular complexity index is 772. The predicted molar refractivity (Wildman–Crippen MR) is 91.2 cm³/mol. The van der Waals surface area contributed by atoms with Crippen LogP contribution in [-0.2, 0) is 0 Å². The molecular weight excluding hydrogens is 321 g/mol. The molecule has 4 rings (SSSR count). The highest BCUT2D eigenvalue weighted by Gasteiger charge is 2.33. The summed E-state index contributed by atoms with van der Waals surface area (Å²) in [6, 6.07) is 6.48. The van der Waals surface area contributed by atoms with Gasteiger partial charge in [-0.25, -0.2) is 9.07 Å². The summed E-state index contributed by atoms with van der Waals surface area (Å²) in [7, 11) is 0. The Morgan fingerprint density at radius 2 is 1.96 bits per heavy atom. The Kier molecular flexibility index (Phi) is 4.25. The number of piperidine rings is 1. The third-order valence-electron chi connectivity index (χ3n) is 5.29. The van der Waals surface area contributed by atoms with Crippen LogP contribution in [-0.4, -0.2) is 62.9 Å². The first-order valence-corrected chi connectivity index (χ1v) is 8.85. The Morgan fingerprint density at radius 1 is 1.16 bits per heavy atom. The molecule has 3 heterocycles. The average Bonchev–Trinajstić information content (AvgIpc) is 3.03. The van der Waals surface area contributed by atoms with Crippen LogP contribution in [0.2, 0.25) is 0 Å². The van der Waals surface area contributed by atoms with Crippen molar-refractivity contribution < 1.29 is 9.18 Å². The molecule has 0 bridgehead atoms.